The third kappa shape index (κ3) is 1.58. The zero-order valence-electron chi connectivity index (χ0n) is 8.21. The molecule has 0 fully saturated rings. The highest BCUT2D eigenvalue weighted by Crippen LogP contribution is 2.35. The van der Waals surface area contributed by atoms with Crippen molar-refractivity contribution in [3.05, 3.63) is 45.9 Å². The molecule has 80 valence electrons. The monoisotopic (exact) mass is 267 g/mol. The van der Waals surface area contributed by atoms with Crippen molar-refractivity contribution in [3.8, 4) is 0 Å². The third-order valence-corrected chi connectivity index (χ3v) is 4.41. The molecule has 0 saturated heterocycles. The number of fused-ring (bicyclic) bond motifs is 3. The van der Waals surface area contributed by atoms with E-state index in [1.165, 1.54) is 15.6 Å². The SMILES string of the molecule is ClC1=CCc2c(sc3ccccc23)C(Cl)=N1. The largest absolute Gasteiger partial charge is 0.223 e. The molecule has 0 bridgehead atoms. The average molecular weight is 268 g/mol. The van der Waals surface area contributed by atoms with Crippen molar-refractivity contribution in [1.82, 2.24) is 0 Å². The van der Waals surface area contributed by atoms with Crippen LogP contribution in [0.5, 0.6) is 0 Å². The van der Waals surface area contributed by atoms with Gasteiger partial charge in [-0.3, -0.25) is 0 Å². The van der Waals surface area contributed by atoms with Gasteiger partial charge in [-0.05, 0) is 29.5 Å². The second-order valence-electron chi connectivity index (χ2n) is 3.54. The fraction of sp³-hybridized carbons (Fsp3) is 0.0833. The molecule has 0 unspecified atom stereocenters. The molecular weight excluding hydrogens is 261 g/mol. The number of rotatable bonds is 0. The van der Waals surface area contributed by atoms with E-state index in [2.05, 4.69) is 17.1 Å². The highest BCUT2D eigenvalue weighted by molar-refractivity contribution is 7.22. The summed E-state index contributed by atoms with van der Waals surface area (Å²) in [6.45, 7) is 0. The van der Waals surface area contributed by atoms with E-state index in [-0.39, 0.29) is 0 Å². The maximum absolute atomic E-state index is 6.15. The summed E-state index contributed by atoms with van der Waals surface area (Å²) in [6, 6.07) is 8.29. The maximum Gasteiger partial charge on any atom is 0.148 e. The summed E-state index contributed by atoms with van der Waals surface area (Å²) >= 11 is 13.7. The van der Waals surface area contributed by atoms with Gasteiger partial charge in [0.15, 0.2) is 0 Å². The predicted octanol–water partition coefficient (Wildman–Crippen LogP) is 4.52. The molecule has 0 spiro atoms. The fourth-order valence-electron chi connectivity index (χ4n) is 1.84. The van der Waals surface area contributed by atoms with Crippen LogP contribution in [0.2, 0.25) is 0 Å². The van der Waals surface area contributed by atoms with E-state index in [0.717, 1.165) is 11.3 Å². The lowest BCUT2D eigenvalue weighted by Gasteiger charge is -1.95. The Morgan fingerprint density at radius 2 is 2.00 bits per heavy atom. The Morgan fingerprint density at radius 1 is 1.19 bits per heavy atom. The zero-order valence-corrected chi connectivity index (χ0v) is 10.5. The lowest BCUT2D eigenvalue weighted by Crippen LogP contribution is -1.89. The van der Waals surface area contributed by atoms with Crippen LogP contribution in [0.15, 0.2) is 40.5 Å². The van der Waals surface area contributed by atoms with Gasteiger partial charge in [0, 0.05) is 4.70 Å². The minimum atomic E-state index is 0.470. The molecule has 0 amide bonds. The normalized spacial score (nSPS) is 15.4. The summed E-state index contributed by atoms with van der Waals surface area (Å²) in [5, 5.41) is 2.21. The van der Waals surface area contributed by atoms with Crippen molar-refractivity contribution in [3.63, 3.8) is 0 Å². The predicted molar refractivity (Wildman–Crippen MR) is 71.9 cm³/mol. The molecule has 0 radical (unpaired) electrons. The second-order valence-corrected chi connectivity index (χ2v) is 5.34. The van der Waals surface area contributed by atoms with Gasteiger partial charge < -0.3 is 0 Å². The first-order valence-electron chi connectivity index (χ1n) is 4.86. The Morgan fingerprint density at radius 3 is 2.88 bits per heavy atom. The van der Waals surface area contributed by atoms with Gasteiger partial charge in [-0.2, -0.15) is 0 Å². The molecule has 16 heavy (non-hydrogen) atoms. The minimum Gasteiger partial charge on any atom is -0.223 e. The highest BCUT2D eigenvalue weighted by atomic mass is 35.5. The van der Waals surface area contributed by atoms with Crippen LogP contribution in [0.3, 0.4) is 0 Å². The summed E-state index contributed by atoms with van der Waals surface area (Å²) in [6.07, 6.45) is 2.69. The van der Waals surface area contributed by atoms with Gasteiger partial charge in [0.05, 0.1) is 4.88 Å². The number of nitrogens with zero attached hydrogens (tertiary/aromatic N) is 1. The molecule has 4 heteroatoms. The molecule has 1 aliphatic rings. The third-order valence-electron chi connectivity index (χ3n) is 2.57. The lowest BCUT2D eigenvalue weighted by atomic mass is 10.1. The molecular formula is C12H7Cl2NS. The van der Waals surface area contributed by atoms with Crippen LogP contribution in [-0.2, 0) is 6.42 Å². The van der Waals surface area contributed by atoms with E-state index in [4.69, 9.17) is 23.2 Å². The molecule has 1 nitrogen and oxygen atoms in total. The van der Waals surface area contributed by atoms with Crippen molar-refractivity contribution >= 4 is 49.8 Å². The average Bonchev–Trinajstić information content (AvgIpc) is 2.58. The Labute approximate surface area is 107 Å². The number of benzene rings is 1. The van der Waals surface area contributed by atoms with Crippen molar-refractivity contribution < 1.29 is 0 Å². The van der Waals surface area contributed by atoms with E-state index in [9.17, 15) is 0 Å². The van der Waals surface area contributed by atoms with E-state index >= 15 is 0 Å². The van der Waals surface area contributed by atoms with E-state index in [1.807, 2.05) is 18.2 Å². The minimum absolute atomic E-state index is 0.470. The Kier molecular flexibility index (Phi) is 2.51. The molecule has 0 aliphatic carbocycles. The van der Waals surface area contributed by atoms with Crippen LogP contribution in [0.4, 0.5) is 0 Å². The van der Waals surface area contributed by atoms with Gasteiger partial charge >= 0.3 is 0 Å². The summed E-state index contributed by atoms with van der Waals surface area (Å²) in [5.74, 6) is 0. The lowest BCUT2D eigenvalue weighted by molar-refractivity contribution is 1.30. The Hall–Kier alpha value is -0.830. The molecule has 3 rings (SSSR count). The molecule has 1 aromatic heterocycles. The first-order chi connectivity index (χ1) is 7.75. The molecule has 2 heterocycles. The summed E-state index contributed by atoms with van der Waals surface area (Å²) in [7, 11) is 0. The first-order valence-corrected chi connectivity index (χ1v) is 6.43. The Bertz CT molecular complexity index is 625. The van der Waals surface area contributed by atoms with Crippen LogP contribution in [0.25, 0.3) is 10.1 Å². The number of hydrogen-bond donors (Lipinski definition) is 0. The van der Waals surface area contributed by atoms with Crippen LogP contribution in [0, 0.1) is 0 Å². The van der Waals surface area contributed by atoms with Gasteiger partial charge in [-0.1, -0.05) is 41.4 Å². The van der Waals surface area contributed by atoms with Gasteiger partial charge in [-0.15, -0.1) is 11.3 Å². The van der Waals surface area contributed by atoms with Gasteiger partial charge in [0.1, 0.15) is 10.3 Å². The molecule has 0 atom stereocenters. The van der Waals surface area contributed by atoms with E-state index in [0.29, 0.717) is 10.3 Å². The second kappa shape index (κ2) is 3.88. The van der Waals surface area contributed by atoms with Gasteiger partial charge in [0.2, 0.25) is 0 Å². The maximum atomic E-state index is 6.15. The quantitative estimate of drug-likeness (QED) is 0.623. The van der Waals surface area contributed by atoms with Crippen LogP contribution in [-0.4, -0.2) is 5.17 Å². The van der Waals surface area contributed by atoms with Gasteiger partial charge in [0.25, 0.3) is 0 Å². The Balaban J connectivity index is 2.33. The summed E-state index contributed by atoms with van der Waals surface area (Å²) in [4.78, 5) is 5.17. The number of thiophene rings is 1. The smallest absolute Gasteiger partial charge is 0.148 e. The van der Waals surface area contributed by atoms with Crippen molar-refractivity contribution in [2.45, 2.75) is 6.42 Å². The first kappa shape index (κ1) is 10.3. The molecule has 2 aromatic rings. The van der Waals surface area contributed by atoms with Crippen LogP contribution in [0.1, 0.15) is 10.4 Å². The molecule has 0 saturated carbocycles. The topological polar surface area (TPSA) is 12.4 Å². The van der Waals surface area contributed by atoms with Gasteiger partial charge in [-0.25, -0.2) is 4.99 Å². The van der Waals surface area contributed by atoms with Crippen molar-refractivity contribution in [2.24, 2.45) is 4.99 Å². The molecule has 0 N–H and O–H groups in total. The standard InChI is InChI=1S/C12H7Cl2NS/c13-10-6-5-8-7-3-1-2-4-9(7)16-11(8)12(14)15-10/h1-4,6H,5H2. The zero-order chi connectivity index (χ0) is 11.1. The van der Waals surface area contributed by atoms with E-state index < -0.39 is 0 Å². The van der Waals surface area contributed by atoms with Crippen molar-refractivity contribution in [2.75, 3.05) is 0 Å². The number of halogens is 2. The highest BCUT2D eigenvalue weighted by Gasteiger charge is 2.17. The van der Waals surface area contributed by atoms with Crippen molar-refractivity contribution in [1.29, 1.82) is 0 Å². The number of allylic oxidation sites excluding steroid dienone is 1. The molecule has 1 aliphatic heterocycles. The number of aliphatic imine (C=N–C) groups is 1. The fourth-order valence-corrected chi connectivity index (χ4v) is 3.48. The number of hydrogen-bond acceptors (Lipinski definition) is 2. The summed E-state index contributed by atoms with van der Waals surface area (Å²) in [5.41, 5.74) is 1.23. The van der Waals surface area contributed by atoms with Crippen LogP contribution < -0.4 is 0 Å². The van der Waals surface area contributed by atoms with E-state index in [1.54, 1.807) is 11.3 Å². The van der Waals surface area contributed by atoms with Crippen LogP contribution >= 0.6 is 34.5 Å². The summed E-state index contributed by atoms with van der Waals surface area (Å²) < 4.78 is 1.24. The molecule has 1 aromatic carbocycles.